The lowest BCUT2D eigenvalue weighted by molar-refractivity contribution is -0.183. The molecule has 1 aliphatic rings. The van der Waals surface area contributed by atoms with E-state index in [2.05, 4.69) is 10.6 Å². The predicted octanol–water partition coefficient (Wildman–Crippen LogP) is 0.964. The number of halogens is 3. The maximum absolute atomic E-state index is 13.4. The van der Waals surface area contributed by atoms with Gasteiger partial charge in [-0.1, -0.05) is 6.07 Å². The molecular weight excluding hydrogens is 371 g/mol. The van der Waals surface area contributed by atoms with Crippen molar-refractivity contribution in [3.05, 3.63) is 29.3 Å². The molecule has 1 aromatic carbocycles. The lowest BCUT2D eigenvalue weighted by atomic mass is 10.1. The average Bonchev–Trinajstić information content (AvgIpc) is 2.54. The molecule has 0 aliphatic carbocycles. The van der Waals surface area contributed by atoms with Crippen molar-refractivity contribution < 1.29 is 26.4 Å². The van der Waals surface area contributed by atoms with Gasteiger partial charge in [0.2, 0.25) is 0 Å². The number of aryl methyl sites for hydroxylation is 1. The molecule has 1 heterocycles. The fourth-order valence-corrected chi connectivity index (χ4v) is 3.45. The zero-order valence-corrected chi connectivity index (χ0v) is 15.4. The van der Waals surface area contributed by atoms with Crippen molar-refractivity contribution in [2.45, 2.75) is 24.0 Å². The molecular formula is C16H22F3N3O3S. The SMILES string of the molecule is Cc1ccc(S(C)(=O)=O)cc1C(=O)NCC(N1CCNCC1)C(F)(F)F. The number of rotatable bonds is 5. The van der Waals surface area contributed by atoms with Gasteiger partial charge in [0, 0.05) is 44.5 Å². The largest absolute Gasteiger partial charge is 0.405 e. The Labute approximate surface area is 150 Å². The van der Waals surface area contributed by atoms with Crippen LogP contribution in [-0.4, -0.2) is 70.4 Å². The van der Waals surface area contributed by atoms with Gasteiger partial charge in [0.1, 0.15) is 6.04 Å². The molecule has 146 valence electrons. The molecule has 0 radical (unpaired) electrons. The first-order valence-electron chi connectivity index (χ1n) is 8.10. The molecule has 1 unspecified atom stereocenters. The maximum atomic E-state index is 13.4. The summed E-state index contributed by atoms with van der Waals surface area (Å²) in [5, 5.41) is 5.29. The van der Waals surface area contributed by atoms with Gasteiger partial charge in [-0.15, -0.1) is 0 Å². The van der Waals surface area contributed by atoms with Crippen LogP contribution in [0.2, 0.25) is 0 Å². The Balaban J connectivity index is 2.15. The van der Waals surface area contributed by atoms with Gasteiger partial charge in [0.05, 0.1) is 4.90 Å². The highest BCUT2D eigenvalue weighted by Crippen LogP contribution is 2.25. The molecule has 0 saturated carbocycles. The lowest BCUT2D eigenvalue weighted by Crippen LogP contribution is -2.57. The molecule has 2 N–H and O–H groups in total. The van der Waals surface area contributed by atoms with E-state index in [0.717, 1.165) is 6.26 Å². The van der Waals surface area contributed by atoms with Gasteiger partial charge in [-0.25, -0.2) is 8.42 Å². The van der Waals surface area contributed by atoms with Gasteiger partial charge in [-0.05, 0) is 24.6 Å². The summed E-state index contributed by atoms with van der Waals surface area (Å²) in [5.74, 6) is -0.725. The molecule has 0 spiro atoms. The van der Waals surface area contributed by atoms with E-state index in [4.69, 9.17) is 0 Å². The van der Waals surface area contributed by atoms with E-state index in [1.54, 1.807) is 6.92 Å². The maximum Gasteiger partial charge on any atom is 0.405 e. The van der Waals surface area contributed by atoms with E-state index in [0.29, 0.717) is 18.7 Å². The topological polar surface area (TPSA) is 78.5 Å². The number of nitrogens with zero attached hydrogens (tertiary/aromatic N) is 1. The number of alkyl halides is 3. The summed E-state index contributed by atoms with van der Waals surface area (Å²) in [7, 11) is -3.52. The second-order valence-corrected chi connectivity index (χ2v) is 8.32. The molecule has 10 heteroatoms. The van der Waals surface area contributed by atoms with Crippen molar-refractivity contribution in [2.24, 2.45) is 0 Å². The third-order valence-electron chi connectivity index (χ3n) is 4.31. The standard InChI is InChI=1S/C16H22F3N3O3S/c1-11-3-4-12(26(2,24)25)9-13(11)15(23)21-10-14(16(17,18)19)22-7-5-20-6-8-22/h3-4,9,14,20H,5-8,10H2,1-2H3,(H,21,23). The molecule has 0 aromatic heterocycles. The smallest absolute Gasteiger partial charge is 0.350 e. The van der Waals surface area contributed by atoms with Crippen LogP contribution < -0.4 is 10.6 Å². The number of amides is 1. The number of hydrogen-bond donors (Lipinski definition) is 2. The van der Waals surface area contributed by atoms with Crippen molar-refractivity contribution in [1.82, 2.24) is 15.5 Å². The third kappa shape index (κ3) is 5.18. The van der Waals surface area contributed by atoms with Gasteiger partial charge in [-0.3, -0.25) is 9.69 Å². The Morgan fingerprint density at radius 1 is 1.31 bits per heavy atom. The fraction of sp³-hybridized carbons (Fsp3) is 0.562. The number of nitrogens with one attached hydrogen (secondary N) is 2. The Morgan fingerprint density at radius 2 is 1.92 bits per heavy atom. The molecule has 1 fully saturated rings. The van der Waals surface area contributed by atoms with Crippen LogP contribution in [0.1, 0.15) is 15.9 Å². The molecule has 6 nitrogen and oxygen atoms in total. The highest BCUT2D eigenvalue weighted by Gasteiger charge is 2.43. The van der Waals surface area contributed by atoms with E-state index >= 15 is 0 Å². The normalized spacial score (nSPS) is 17.7. The van der Waals surface area contributed by atoms with Gasteiger partial charge in [0.15, 0.2) is 9.84 Å². The van der Waals surface area contributed by atoms with Crippen LogP contribution >= 0.6 is 0 Å². The van der Waals surface area contributed by atoms with Crippen LogP contribution in [0.25, 0.3) is 0 Å². The van der Waals surface area contributed by atoms with Gasteiger partial charge >= 0.3 is 6.18 Å². The van der Waals surface area contributed by atoms with E-state index in [9.17, 15) is 26.4 Å². The minimum atomic E-state index is -4.48. The minimum Gasteiger partial charge on any atom is -0.350 e. The Morgan fingerprint density at radius 3 is 2.46 bits per heavy atom. The van der Waals surface area contributed by atoms with Crippen LogP contribution in [0.5, 0.6) is 0 Å². The van der Waals surface area contributed by atoms with E-state index in [1.165, 1.54) is 23.1 Å². The minimum absolute atomic E-state index is 0.0501. The van der Waals surface area contributed by atoms with Crippen molar-refractivity contribution in [3.8, 4) is 0 Å². The first-order valence-corrected chi connectivity index (χ1v) is 9.99. The van der Waals surface area contributed by atoms with Crippen LogP contribution in [0, 0.1) is 6.92 Å². The van der Waals surface area contributed by atoms with Crippen LogP contribution in [-0.2, 0) is 9.84 Å². The molecule has 1 atom stereocenters. The van der Waals surface area contributed by atoms with E-state index in [-0.39, 0.29) is 23.5 Å². The quantitative estimate of drug-likeness (QED) is 0.779. The Hall–Kier alpha value is -1.65. The van der Waals surface area contributed by atoms with E-state index < -0.39 is 34.5 Å². The number of piperazine rings is 1. The number of sulfone groups is 1. The predicted molar refractivity (Wildman–Crippen MR) is 90.9 cm³/mol. The zero-order chi connectivity index (χ0) is 19.5. The summed E-state index contributed by atoms with van der Waals surface area (Å²) < 4.78 is 63.4. The molecule has 1 aromatic rings. The summed E-state index contributed by atoms with van der Waals surface area (Å²) in [5.41, 5.74) is 0.537. The average molecular weight is 393 g/mol. The molecule has 1 amide bonds. The number of hydrogen-bond acceptors (Lipinski definition) is 5. The first-order chi connectivity index (χ1) is 12.0. The monoisotopic (exact) mass is 393 g/mol. The van der Waals surface area contributed by atoms with Crippen LogP contribution in [0.4, 0.5) is 13.2 Å². The summed E-state index contributed by atoms with van der Waals surface area (Å²) in [4.78, 5) is 13.6. The number of carbonyl (C=O) groups is 1. The Bertz CT molecular complexity index is 760. The molecule has 0 bridgehead atoms. The van der Waals surface area contributed by atoms with Gasteiger partial charge in [0.25, 0.3) is 5.91 Å². The van der Waals surface area contributed by atoms with Crippen molar-refractivity contribution in [1.29, 1.82) is 0 Å². The number of carbonyl (C=O) groups excluding carboxylic acids is 1. The lowest BCUT2D eigenvalue weighted by Gasteiger charge is -2.35. The first kappa shape index (κ1) is 20.7. The van der Waals surface area contributed by atoms with Crippen molar-refractivity contribution >= 4 is 15.7 Å². The molecule has 1 aliphatic heterocycles. The third-order valence-corrected chi connectivity index (χ3v) is 5.42. The summed E-state index contributed by atoms with van der Waals surface area (Å²) in [6.45, 7) is 2.39. The van der Waals surface area contributed by atoms with Crippen molar-refractivity contribution in [2.75, 3.05) is 39.0 Å². The second-order valence-electron chi connectivity index (χ2n) is 6.30. The summed E-state index contributed by atoms with van der Waals surface area (Å²) >= 11 is 0. The molecule has 26 heavy (non-hydrogen) atoms. The Kier molecular flexibility index (Phi) is 6.30. The highest BCUT2D eigenvalue weighted by atomic mass is 32.2. The van der Waals surface area contributed by atoms with Crippen LogP contribution in [0.3, 0.4) is 0 Å². The van der Waals surface area contributed by atoms with Gasteiger partial charge in [-0.2, -0.15) is 13.2 Å². The highest BCUT2D eigenvalue weighted by molar-refractivity contribution is 7.90. The number of benzene rings is 1. The fourth-order valence-electron chi connectivity index (χ4n) is 2.81. The summed E-state index contributed by atoms with van der Waals surface area (Å²) in [6, 6.07) is 2.23. The molecule has 1 saturated heterocycles. The van der Waals surface area contributed by atoms with E-state index in [1.807, 2.05) is 0 Å². The zero-order valence-electron chi connectivity index (χ0n) is 14.6. The van der Waals surface area contributed by atoms with Crippen LogP contribution in [0.15, 0.2) is 23.1 Å². The second kappa shape index (κ2) is 7.93. The van der Waals surface area contributed by atoms with Gasteiger partial charge < -0.3 is 10.6 Å². The summed E-state index contributed by atoms with van der Waals surface area (Å²) in [6.07, 6.45) is -3.47. The van der Waals surface area contributed by atoms with Crippen molar-refractivity contribution in [3.63, 3.8) is 0 Å². The molecule has 2 rings (SSSR count).